The standard InChI is InChI=1S/C6HF11/c7-2(4(10,11)6(15,16)17)1(3(8)9)5(12,13)14/h2H. The van der Waals surface area contributed by atoms with Gasteiger partial charge in [-0.15, -0.1) is 0 Å². The molecule has 0 amide bonds. The summed E-state index contributed by atoms with van der Waals surface area (Å²) in [5, 5.41) is 0. The van der Waals surface area contributed by atoms with E-state index in [0.29, 0.717) is 0 Å². The Bertz CT molecular complexity index is 301. The van der Waals surface area contributed by atoms with Gasteiger partial charge in [0.15, 0.2) is 0 Å². The van der Waals surface area contributed by atoms with E-state index in [1.165, 1.54) is 0 Å². The van der Waals surface area contributed by atoms with Crippen LogP contribution in [0.2, 0.25) is 0 Å². The van der Waals surface area contributed by atoms with E-state index in [2.05, 4.69) is 0 Å². The van der Waals surface area contributed by atoms with Gasteiger partial charge < -0.3 is 0 Å². The molecule has 0 aromatic rings. The Morgan fingerprint density at radius 2 is 1.12 bits per heavy atom. The van der Waals surface area contributed by atoms with E-state index in [1.54, 1.807) is 0 Å². The lowest BCUT2D eigenvalue weighted by molar-refractivity contribution is -0.302. The molecule has 0 nitrogen and oxygen atoms in total. The van der Waals surface area contributed by atoms with Gasteiger partial charge in [0.05, 0.1) is 0 Å². The summed E-state index contributed by atoms with van der Waals surface area (Å²) in [6, 6.07) is 0. The van der Waals surface area contributed by atoms with Gasteiger partial charge in [0.1, 0.15) is 5.57 Å². The van der Waals surface area contributed by atoms with Crippen molar-refractivity contribution in [2.45, 2.75) is 24.4 Å². The molecule has 0 rings (SSSR count). The minimum atomic E-state index is -6.72. The van der Waals surface area contributed by atoms with Gasteiger partial charge in [-0.1, -0.05) is 0 Å². The molecule has 0 saturated carbocycles. The summed E-state index contributed by atoms with van der Waals surface area (Å²) in [4.78, 5) is 0. The molecule has 0 spiro atoms. The van der Waals surface area contributed by atoms with Crippen LogP contribution in [0.15, 0.2) is 11.7 Å². The minimum Gasteiger partial charge on any atom is -0.235 e. The van der Waals surface area contributed by atoms with Crippen molar-refractivity contribution in [3.8, 4) is 0 Å². The highest BCUT2D eigenvalue weighted by molar-refractivity contribution is 5.19. The third-order valence-electron chi connectivity index (χ3n) is 1.46. The molecule has 0 aliphatic heterocycles. The van der Waals surface area contributed by atoms with Crippen LogP contribution >= 0.6 is 0 Å². The van der Waals surface area contributed by atoms with Gasteiger partial charge in [0, 0.05) is 0 Å². The fourth-order valence-corrected chi connectivity index (χ4v) is 0.672. The number of allylic oxidation sites excluding steroid dienone is 1. The molecule has 1 unspecified atom stereocenters. The fourth-order valence-electron chi connectivity index (χ4n) is 0.672. The molecule has 1 atom stereocenters. The van der Waals surface area contributed by atoms with Crippen molar-refractivity contribution < 1.29 is 48.3 Å². The first kappa shape index (κ1) is 16.0. The van der Waals surface area contributed by atoms with Crippen LogP contribution in [-0.4, -0.2) is 24.4 Å². The monoisotopic (exact) mass is 282 g/mol. The van der Waals surface area contributed by atoms with Gasteiger partial charge in [-0.2, -0.15) is 43.9 Å². The zero-order valence-corrected chi connectivity index (χ0v) is 7.23. The van der Waals surface area contributed by atoms with Crippen LogP contribution in [0.25, 0.3) is 0 Å². The lowest BCUT2D eigenvalue weighted by Gasteiger charge is -2.25. The number of rotatable bonds is 2. The van der Waals surface area contributed by atoms with Gasteiger partial charge in [-0.25, -0.2) is 4.39 Å². The first-order valence-corrected chi connectivity index (χ1v) is 3.44. The van der Waals surface area contributed by atoms with Gasteiger partial charge >= 0.3 is 18.3 Å². The first-order chi connectivity index (χ1) is 7.23. The summed E-state index contributed by atoms with van der Waals surface area (Å²) in [5.74, 6) is -6.57. The largest absolute Gasteiger partial charge is 0.456 e. The van der Waals surface area contributed by atoms with Crippen molar-refractivity contribution in [3.63, 3.8) is 0 Å². The van der Waals surface area contributed by atoms with E-state index in [1.807, 2.05) is 0 Å². The lowest BCUT2D eigenvalue weighted by atomic mass is 10.1. The number of hydrogen-bond acceptors (Lipinski definition) is 0. The second-order valence-corrected chi connectivity index (χ2v) is 2.66. The molecule has 0 aromatic heterocycles. The Hall–Kier alpha value is -1.03. The molecule has 102 valence electrons. The van der Waals surface area contributed by atoms with Crippen LogP contribution in [0.1, 0.15) is 0 Å². The van der Waals surface area contributed by atoms with Crippen molar-refractivity contribution in [3.05, 3.63) is 11.7 Å². The van der Waals surface area contributed by atoms with Crippen LogP contribution < -0.4 is 0 Å². The topological polar surface area (TPSA) is 0 Å². The van der Waals surface area contributed by atoms with Gasteiger partial charge in [0.2, 0.25) is 6.17 Å². The molecular weight excluding hydrogens is 281 g/mol. The van der Waals surface area contributed by atoms with Crippen molar-refractivity contribution in [2.75, 3.05) is 0 Å². The summed E-state index contributed by atoms with van der Waals surface area (Å²) in [6.45, 7) is 0. The average Bonchev–Trinajstić information content (AvgIpc) is 1.97. The van der Waals surface area contributed by atoms with Crippen molar-refractivity contribution in [2.24, 2.45) is 0 Å². The average molecular weight is 282 g/mol. The van der Waals surface area contributed by atoms with Crippen molar-refractivity contribution >= 4 is 0 Å². The van der Waals surface area contributed by atoms with Crippen molar-refractivity contribution in [1.29, 1.82) is 0 Å². The van der Waals surface area contributed by atoms with Crippen LogP contribution in [-0.2, 0) is 0 Å². The Kier molecular flexibility index (Phi) is 4.07. The number of hydrogen-bond donors (Lipinski definition) is 0. The van der Waals surface area contributed by atoms with E-state index in [4.69, 9.17) is 0 Å². The quantitative estimate of drug-likeness (QED) is 0.665. The molecule has 0 aliphatic rings. The highest BCUT2D eigenvalue weighted by atomic mass is 19.4. The highest BCUT2D eigenvalue weighted by Crippen LogP contribution is 2.46. The highest BCUT2D eigenvalue weighted by Gasteiger charge is 2.67. The second kappa shape index (κ2) is 4.33. The van der Waals surface area contributed by atoms with Gasteiger partial charge in [-0.3, -0.25) is 0 Å². The maximum absolute atomic E-state index is 12.4. The molecule has 0 fully saturated rings. The number of halogens is 11. The lowest BCUT2D eigenvalue weighted by Crippen LogP contribution is -2.48. The zero-order valence-electron chi connectivity index (χ0n) is 7.23. The Balaban J connectivity index is 5.59. The SMILES string of the molecule is FC(F)=C(C(F)C(F)(F)C(F)(F)F)C(F)(F)F. The molecule has 0 aromatic carbocycles. The predicted octanol–water partition coefficient (Wildman–Crippen LogP) is 4.24. The molecule has 0 saturated heterocycles. The van der Waals surface area contributed by atoms with Gasteiger partial charge in [0.25, 0.3) is 6.08 Å². The summed E-state index contributed by atoms with van der Waals surface area (Å²) in [6.07, 6.45) is -22.3. The molecule has 0 aliphatic carbocycles. The summed E-state index contributed by atoms with van der Waals surface area (Å²) in [5.41, 5.74) is -3.85. The third kappa shape index (κ3) is 3.22. The minimum absolute atomic E-state index is 3.85. The Morgan fingerprint density at radius 1 is 0.765 bits per heavy atom. The van der Waals surface area contributed by atoms with E-state index in [9.17, 15) is 48.3 Å². The molecule has 11 heteroatoms. The van der Waals surface area contributed by atoms with Gasteiger partial charge in [-0.05, 0) is 0 Å². The normalized spacial score (nSPS) is 15.7. The summed E-state index contributed by atoms with van der Waals surface area (Å²) in [7, 11) is 0. The van der Waals surface area contributed by atoms with E-state index in [0.717, 1.165) is 0 Å². The summed E-state index contributed by atoms with van der Waals surface area (Å²) < 4.78 is 129. The molecule has 17 heavy (non-hydrogen) atoms. The molecule has 0 bridgehead atoms. The van der Waals surface area contributed by atoms with Crippen LogP contribution in [0, 0.1) is 0 Å². The van der Waals surface area contributed by atoms with E-state index in [-0.39, 0.29) is 0 Å². The molecule has 0 N–H and O–H groups in total. The van der Waals surface area contributed by atoms with Crippen molar-refractivity contribution in [1.82, 2.24) is 0 Å². The van der Waals surface area contributed by atoms with Crippen LogP contribution in [0.3, 0.4) is 0 Å². The molecule has 0 heterocycles. The molecular formula is C6HF11. The zero-order chi connectivity index (χ0) is 14.2. The summed E-state index contributed by atoms with van der Waals surface area (Å²) >= 11 is 0. The smallest absolute Gasteiger partial charge is 0.235 e. The maximum atomic E-state index is 12.4. The maximum Gasteiger partial charge on any atom is 0.456 e. The van der Waals surface area contributed by atoms with Crippen LogP contribution in [0.5, 0.6) is 0 Å². The van der Waals surface area contributed by atoms with E-state index < -0.39 is 36.1 Å². The Morgan fingerprint density at radius 3 is 1.29 bits per heavy atom. The Labute approximate surface area is 85.7 Å². The molecule has 0 radical (unpaired) electrons. The second-order valence-electron chi connectivity index (χ2n) is 2.66. The van der Waals surface area contributed by atoms with Crippen LogP contribution in [0.4, 0.5) is 48.3 Å². The van der Waals surface area contributed by atoms with E-state index >= 15 is 0 Å². The third-order valence-corrected chi connectivity index (χ3v) is 1.46. The predicted molar refractivity (Wildman–Crippen MR) is 31.2 cm³/mol. The fraction of sp³-hybridized carbons (Fsp3) is 0.667. The first-order valence-electron chi connectivity index (χ1n) is 3.44. The number of alkyl halides is 9.